The Kier molecular flexibility index (Phi) is 5.67. The van der Waals surface area contributed by atoms with E-state index in [9.17, 15) is 13.2 Å². The fourth-order valence-corrected chi connectivity index (χ4v) is 3.30. The summed E-state index contributed by atoms with van der Waals surface area (Å²) in [5.74, 6) is 0.223. The summed E-state index contributed by atoms with van der Waals surface area (Å²) in [4.78, 5) is 14.4. The van der Waals surface area contributed by atoms with Crippen molar-refractivity contribution in [3.05, 3.63) is 40.8 Å². The molecule has 0 saturated carbocycles. The molecule has 1 aromatic rings. The average Bonchev–Trinajstić information content (AvgIpc) is 3.01. The highest BCUT2D eigenvalue weighted by Crippen LogP contribution is 2.27. The number of amides is 1. The van der Waals surface area contributed by atoms with Gasteiger partial charge in [-0.2, -0.15) is 0 Å². The number of hydrogen-bond acceptors (Lipinski definition) is 4. The number of likely N-dealkylation sites (tertiary alicyclic amines) is 1. The largest absolute Gasteiger partial charge is 0.496 e. The molecule has 1 heterocycles. The second-order valence-corrected chi connectivity index (χ2v) is 7.35. The van der Waals surface area contributed by atoms with Crippen LogP contribution in [0.1, 0.15) is 23.2 Å². The minimum Gasteiger partial charge on any atom is -0.496 e. The summed E-state index contributed by atoms with van der Waals surface area (Å²) in [5, 5.41) is 1.30. The third-order valence-electron chi connectivity index (χ3n) is 3.77. The molecule has 2 rings (SSSR count). The van der Waals surface area contributed by atoms with Gasteiger partial charge >= 0.3 is 0 Å². The predicted molar refractivity (Wildman–Crippen MR) is 89.2 cm³/mol. The summed E-state index contributed by atoms with van der Waals surface area (Å²) in [6.45, 7) is 3.97. The van der Waals surface area contributed by atoms with E-state index in [-0.39, 0.29) is 18.5 Å². The number of benzene rings is 1. The zero-order chi connectivity index (χ0) is 17.0. The van der Waals surface area contributed by atoms with Crippen molar-refractivity contribution >= 4 is 27.5 Å². The van der Waals surface area contributed by atoms with Crippen LogP contribution in [-0.2, 0) is 10.0 Å². The van der Waals surface area contributed by atoms with Crippen LogP contribution in [0.25, 0.3) is 0 Å². The monoisotopic (exact) mass is 358 g/mol. The van der Waals surface area contributed by atoms with E-state index in [0.717, 1.165) is 18.2 Å². The molecule has 23 heavy (non-hydrogen) atoms. The van der Waals surface area contributed by atoms with Crippen molar-refractivity contribution in [2.45, 2.75) is 18.9 Å². The standard InChI is InChI=1S/C15H19ClN2O4S/c1-3-23(20,21)17-10-12-5-4-8-18(12)15(19)13-9-11(16)6-7-14(13)22-2/h3,6-7,9,12,17H,1,4-5,8,10H2,2H3/t12-/m1/s1. The number of rotatable bonds is 6. The maximum absolute atomic E-state index is 12.8. The van der Waals surface area contributed by atoms with Crippen molar-refractivity contribution in [3.8, 4) is 5.75 Å². The molecule has 1 aliphatic heterocycles. The normalized spacial score (nSPS) is 18.0. The Labute approximate surface area is 141 Å². The number of halogens is 1. The summed E-state index contributed by atoms with van der Waals surface area (Å²) in [6, 6.07) is 4.64. The summed E-state index contributed by atoms with van der Waals surface area (Å²) >= 11 is 5.97. The predicted octanol–water partition coefficient (Wildman–Crippen LogP) is 2.02. The fourth-order valence-electron chi connectivity index (χ4n) is 2.59. The summed E-state index contributed by atoms with van der Waals surface area (Å²) < 4.78 is 30.6. The van der Waals surface area contributed by atoms with Crippen molar-refractivity contribution in [2.24, 2.45) is 0 Å². The molecule has 1 atom stereocenters. The lowest BCUT2D eigenvalue weighted by Gasteiger charge is -2.25. The molecule has 1 fully saturated rings. The third-order valence-corrected chi connectivity index (χ3v) is 5.01. The molecule has 0 unspecified atom stereocenters. The summed E-state index contributed by atoms with van der Waals surface area (Å²) in [7, 11) is -2.02. The maximum Gasteiger partial charge on any atom is 0.257 e. The third kappa shape index (κ3) is 4.25. The number of nitrogens with one attached hydrogen (secondary N) is 1. The lowest BCUT2D eigenvalue weighted by molar-refractivity contribution is 0.0735. The zero-order valence-corrected chi connectivity index (χ0v) is 14.4. The van der Waals surface area contributed by atoms with Crippen molar-refractivity contribution in [1.82, 2.24) is 9.62 Å². The first kappa shape index (κ1) is 17.8. The van der Waals surface area contributed by atoms with Crippen LogP contribution in [0, 0.1) is 0 Å². The van der Waals surface area contributed by atoms with Crippen LogP contribution in [0.4, 0.5) is 0 Å². The van der Waals surface area contributed by atoms with E-state index >= 15 is 0 Å². The molecule has 0 bridgehead atoms. The highest BCUT2D eigenvalue weighted by molar-refractivity contribution is 7.92. The molecule has 1 amide bonds. The first-order valence-corrected chi connectivity index (χ1v) is 9.07. The van der Waals surface area contributed by atoms with E-state index in [1.54, 1.807) is 23.1 Å². The van der Waals surface area contributed by atoms with Crippen LogP contribution in [0.15, 0.2) is 30.2 Å². The zero-order valence-electron chi connectivity index (χ0n) is 12.8. The summed E-state index contributed by atoms with van der Waals surface area (Å²) in [6.07, 6.45) is 1.55. The average molecular weight is 359 g/mol. The Morgan fingerprint density at radius 2 is 2.30 bits per heavy atom. The van der Waals surface area contributed by atoms with Gasteiger partial charge in [0.15, 0.2) is 0 Å². The van der Waals surface area contributed by atoms with Gasteiger partial charge in [-0.05, 0) is 31.0 Å². The van der Waals surface area contributed by atoms with Crippen molar-refractivity contribution < 1.29 is 17.9 Å². The van der Waals surface area contributed by atoms with E-state index in [2.05, 4.69) is 11.3 Å². The highest BCUT2D eigenvalue weighted by Gasteiger charge is 2.31. The number of methoxy groups -OCH3 is 1. The molecular weight excluding hydrogens is 340 g/mol. The van der Waals surface area contributed by atoms with Crippen LogP contribution in [-0.4, -0.2) is 45.5 Å². The highest BCUT2D eigenvalue weighted by atomic mass is 35.5. The number of ether oxygens (including phenoxy) is 1. The first-order chi connectivity index (χ1) is 10.9. The van der Waals surface area contributed by atoms with E-state index in [1.807, 2.05) is 0 Å². The molecular formula is C15H19ClN2O4S. The molecule has 6 nitrogen and oxygen atoms in total. The van der Waals surface area contributed by atoms with E-state index < -0.39 is 10.0 Å². The minimum atomic E-state index is -3.51. The number of nitrogens with zero attached hydrogens (tertiary/aromatic N) is 1. The lowest BCUT2D eigenvalue weighted by atomic mass is 10.1. The topological polar surface area (TPSA) is 75.7 Å². The van der Waals surface area contributed by atoms with Crippen LogP contribution in [0.5, 0.6) is 5.75 Å². The molecule has 1 N–H and O–H groups in total. The molecule has 126 valence electrons. The van der Waals surface area contributed by atoms with Gasteiger partial charge < -0.3 is 9.64 Å². The number of carbonyl (C=O) groups excluding carboxylic acids is 1. The van der Waals surface area contributed by atoms with Crippen LogP contribution in [0.3, 0.4) is 0 Å². The molecule has 0 aliphatic carbocycles. The van der Waals surface area contributed by atoms with Crippen LogP contribution < -0.4 is 9.46 Å². The molecule has 8 heteroatoms. The minimum absolute atomic E-state index is 0.156. The molecule has 1 aromatic carbocycles. The van der Waals surface area contributed by atoms with Gasteiger partial charge in [-0.25, -0.2) is 13.1 Å². The van der Waals surface area contributed by atoms with Gasteiger partial charge in [-0.15, -0.1) is 0 Å². The van der Waals surface area contributed by atoms with E-state index in [4.69, 9.17) is 16.3 Å². The Hall–Kier alpha value is -1.57. The van der Waals surface area contributed by atoms with Gasteiger partial charge in [0.05, 0.1) is 12.7 Å². The summed E-state index contributed by atoms with van der Waals surface area (Å²) in [5.41, 5.74) is 0.374. The Balaban J connectivity index is 2.18. The molecule has 0 spiro atoms. The second-order valence-electron chi connectivity index (χ2n) is 5.20. The molecule has 0 aromatic heterocycles. The molecule has 1 aliphatic rings. The van der Waals surface area contributed by atoms with Crippen molar-refractivity contribution in [3.63, 3.8) is 0 Å². The number of sulfonamides is 1. The van der Waals surface area contributed by atoms with Crippen molar-refractivity contribution in [1.29, 1.82) is 0 Å². The van der Waals surface area contributed by atoms with E-state index in [1.165, 1.54) is 7.11 Å². The Bertz CT molecular complexity index is 705. The number of hydrogen-bond donors (Lipinski definition) is 1. The van der Waals surface area contributed by atoms with E-state index in [0.29, 0.717) is 22.9 Å². The quantitative estimate of drug-likeness (QED) is 0.844. The second kappa shape index (κ2) is 7.33. The Morgan fingerprint density at radius 1 is 1.57 bits per heavy atom. The fraction of sp³-hybridized carbons (Fsp3) is 0.400. The van der Waals surface area contributed by atoms with Crippen LogP contribution in [0.2, 0.25) is 5.02 Å². The number of carbonyl (C=O) groups is 1. The van der Waals surface area contributed by atoms with Gasteiger partial charge in [0.25, 0.3) is 5.91 Å². The van der Waals surface area contributed by atoms with Crippen LogP contribution >= 0.6 is 11.6 Å². The van der Waals surface area contributed by atoms with Gasteiger partial charge in [-0.1, -0.05) is 18.2 Å². The lowest BCUT2D eigenvalue weighted by Crippen LogP contribution is -2.42. The van der Waals surface area contributed by atoms with Gasteiger partial charge in [0, 0.05) is 29.6 Å². The smallest absolute Gasteiger partial charge is 0.257 e. The maximum atomic E-state index is 12.8. The van der Waals surface area contributed by atoms with Gasteiger partial charge in [0.1, 0.15) is 5.75 Å². The van der Waals surface area contributed by atoms with Crippen molar-refractivity contribution in [2.75, 3.05) is 20.2 Å². The molecule has 0 radical (unpaired) electrons. The van der Waals surface area contributed by atoms with Gasteiger partial charge in [-0.3, -0.25) is 4.79 Å². The Morgan fingerprint density at radius 3 is 2.96 bits per heavy atom. The first-order valence-electron chi connectivity index (χ1n) is 7.14. The SMILES string of the molecule is C=CS(=O)(=O)NC[C@H]1CCCN1C(=O)c1cc(Cl)ccc1OC. The molecule has 1 saturated heterocycles. The van der Waals surface area contributed by atoms with Gasteiger partial charge in [0.2, 0.25) is 10.0 Å².